The largest absolute Gasteiger partial charge is 0.494 e. The third kappa shape index (κ3) is 2.47. The van der Waals surface area contributed by atoms with Crippen molar-refractivity contribution in [3.05, 3.63) is 41.6 Å². The van der Waals surface area contributed by atoms with Crippen molar-refractivity contribution >= 4 is 5.91 Å². The summed E-state index contributed by atoms with van der Waals surface area (Å²) in [5.41, 5.74) is 8.80. The van der Waals surface area contributed by atoms with E-state index in [1.807, 2.05) is 55.8 Å². The summed E-state index contributed by atoms with van der Waals surface area (Å²) in [4.78, 5) is 11.3. The highest BCUT2D eigenvalue weighted by atomic mass is 16.5. The highest BCUT2D eigenvalue weighted by molar-refractivity contribution is 5.95. The van der Waals surface area contributed by atoms with Crippen LogP contribution in [0.15, 0.2) is 30.3 Å². The van der Waals surface area contributed by atoms with Crippen LogP contribution in [0.4, 0.5) is 0 Å². The first-order chi connectivity index (χ1) is 9.04. The Kier molecular flexibility index (Phi) is 3.60. The summed E-state index contributed by atoms with van der Waals surface area (Å²) in [5, 5.41) is 0. The average molecular weight is 258 g/mol. The highest BCUT2D eigenvalue weighted by Crippen LogP contribution is 2.26. The van der Waals surface area contributed by atoms with E-state index in [2.05, 4.69) is 0 Å². The van der Waals surface area contributed by atoms with E-state index in [1.165, 1.54) is 0 Å². The van der Waals surface area contributed by atoms with Gasteiger partial charge < -0.3 is 15.0 Å². The van der Waals surface area contributed by atoms with Gasteiger partial charge in [0.2, 0.25) is 0 Å². The maximum Gasteiger partial charge on any atom is 0.250 e. The predicted octanol–water partition coefficient (Wildman–Crippen LogP) is 2.50. The Hall–Kier alpha value is -2.23. The van der Waals surface area contributed by atoms with Crippen molar-refractivity contribution in [3.63, 3.8) is 0 Å². The second-order valence-electron chi connectivity index (χ2n) is 4.41. The van der Waals surface area contributed by atoms with Crippen LogP contribution in [0.25, 0.3) is 11.3 Å². The first kappa shape index (κ1) is 13.2. The number of hydrogen-bond acceptors (Lipinski definition) is 2. The fraction of sp³-hybridized carbons (Fsp3) is 0.267. The van der Waals surface area contributed by atoms with Crippen molar-refractivity contribution in [2.24, 2.45) is 12.8 Å². The number of ether oxygens (including phenoxy) is 1. The van der Waals surface area contributed by atoms with Crippen molar-refractivity contribution in [1.29, 1.82) is 0 Å². The third-order valence-corrected chi connectivity index (χ3v) is 3.26. The molecule has 1 heterocycles. The van der Waals surface area contributed by atoms with Crippen LogP contribution in [0, 0.1) is 6.92 Å². The molecule has 2 rings (SSSR count). The van der Waals surface area contributed by atoms with Crippen molar-refractivity contribution in [1.82, 2.24) is 4.57 Å². The molecule has 0 saturated heterocycles. The highest BCUT2D eigenvalue weighted by Gasteiger charge is 2.14. The first-order valence-corrected chi connectivity index (χ1v) is 6.24. The van der Waals surface area contributed by atoms with Gasteiger partial charge in [-0.25, -0.2) is 0 Å². The number of nitrogens with two attached hydrogens (primary N) is 1. The molecule has 0 atom stereocenters. The third-order valence-electron chi connectivity index (χ3n) is 3.26. The molecule has 4 heteroatoms. The van der Waals surface area contributed by atoms with E-state index in [9.17, 15) is 4.79 Å². The van der Waals surface area contributed by atoms with Gasteiger partial charge in [0.25, 0.3) is 5.91 Å². The lowest BCUT2D eigenvalue weighted by Gasteiger charge is -2.07. The molecule has 1 aromatic carbocycles. The number of nitrogens with zero attached hydrogens (tertiary/aromatic N) is 1. The van der Waals surface area contributed by atoms with Crippen LogP contribution in [0.5, 0.6) is 5.75 Å². The van der Waals surface area contributed by atoms with Gasteiger partial charge in [0.05, 0.1) is 12.2 Å². The maximum atomic E-state index is 11.3. The summed E-state index contributed by atoms with van der Waals surface area (Å²) >= 11 is 0. The SMILES string of the molecule is CCOc1ccc(-c2cc(C(N)=O)c(C)n2C)cc1. The van der Waals surface area contributed by atoms with Gasteiger partial charge in [0.15, 0.2) is 0 Å². The molecule has 1 amide bonds. The molecule has 0 aliphatic heterocycles. The lowest BCUT2D eigenvalue weighted by atomic mass is 10.1. The number of hydrogen-bond donors (Lipinski definition) is 1. The van der Waals surface area contributed by atoms with Crippen LogP contribution < -0.4 is 10.5 Å². The van der Waals surface area contributed by atoms with Crippen molar-refractivity contribution in [3.8, 4) is 17.0 Å². The Morgan fingerprint density at radius 3 is 2.42 bits per heavy atom. The van der Waals surface area contributed by atoms with Gasteiger partial charge >= 0.3 is 0 Å². The van der Waals surface area contributed by atoms with Crippen molar-refractivity contribution in [2.75, 3.05) is 6.61 Å². The van der Waals surface area contributed by atoms with Gasteiger partial charge in [-0.15, -0.1) is 0 Å². The van der Waals surface area contributed by atoms with Gasteiger partial charge in [-0.05, 0) is 49.7 Å². The summed E-state index contributed by atoms with van der Waals surface area (Å²) in [5.74, 6) is 0.442. The van der Waals surface area contributed by atoms with Crippen LogP contribution in [-0.4, -0.2) is 17.1 Å². The molecule has 0 aliphatic carbocycles. The summed E-state index contributed by atoms with van der Waals surface area (Å²) < 4.78 is 7.38. The summed E-state index contributed by atoms with van der Waals surface area (Å²) in [6.07, 6.45) is 0. The Balaban J connectivity index is 2.41. The van der Waals surface area contributed by atoms with Crippen LogP contribution in [0.2, 0.25) is 0 Å². The molecule has 0 fully saturated rings. The van der Waals surface area contributed by atoms with Gasteiger partial charge in [0.1, 0.15) is 5.75 Å². The first-order valence-electron chi connectivity index (χ1n) is 6.24. The topological polar surface area (TPSA) is 57.2 Å². The van der Waals surface area contributed by atoms with Crippen LogP contribution >= 0.6 is 0 Å². The number of primary amides is 1. The second kappa shape index (κ2) is 5.18. The molecule has 19 heavy (non-hydrogen) atoms. The van der Waals surface area contributed by atoms with Crippen molar-refractivity contribution in [2.45, 2.75) is 13.8 Å². The Bertz CT molecular complexity index is 597. The molecular weight excluding hydrogens is 240 g/mol. The van der Waals surface area contributed by atoms with E-state index >= 15 is 0 Å². The minimum atomic E-state index is -0.398. The molecule has 2 N–H and O–H groups in total. The average Bonchev–Trinajstić information content (AvgIpc) is 2.68. The van der Waals surface area contributed by atoms with Gasteiger partial charge in [-0.2, -0.15) is 0 Å². The number of aromatic nitrogens is 1. The normalized spacial score (nSPS) is 10.5. The quantitative estimate of drug-likeness (QED) is 0.916. The molecule has 0 saturated carbocycles. The lowest BCUT2D eigenvalue weighted by Crippen LogP contribution is -2.11. The minimum absolute atomic E-state index is 0.398. The van der Waals surface area contributed by atoms with Gasteiger partial charge in [-0.1, -0.05) is 0 Å². The molecule has 0 unspecified atom stereocenters. The van der Waals surface area contributed by atoms with Crippen molar-refractivity contribution < 1.29 is 9.53 Å². The van der Waals surface area contributed by atoms with E-state index in [0.29, 0.717) is 12.2 Å². The second-order valence-corrected chi connectivity index (χ2v) is 4.41. The molecule has 0 aliphatic rings. The Morgan fingerprint density at radius 2 is 1.95 bits per heavy atom. The summed E-state index contributed by atoms with van der Waals surface area (Å²) in [6.45, 7) is 4.49. The van der Waals surface area contributed by atoms with E-state index in [-0.39, 0.29) is 0 Å². The maximum absolute atomic E-state index is 11.3. The van der Waals surface area contributed by atoms with E-state index in [0.717, 1.165) is 22.7 Å². The Morgan fingerprint density at radius 1 is 1.32 bits per heavy atom. The number of carbonyl (C=O) groups excluding carboxylic acids is 1. The number of carbonyl (C=O) groups is 1. The molecule has 1 aromatic heterocycles. The van der Waals surface area contributed by atoms with Gasteiger partial charge in [-0.3, -0.25) is 4.79 Å². The van der Waals surface area contributed by atoms with E-state index < -0.39 is 5.91 Å². The molecule has 0 bridgehead atoms. The van der Waals surface area contributed by atoms with E-state index in [4.69, 9.17) is 10.5 Å². The van der Waals surface area contributed by atoms with Gasteiger partial charge in [0, 0.05) is 18.4 Å². The number of rotatable bonds is 4. The molecule has 0 spiro atoms. The smallest absolute Gasteiger partial charge is 0.250 e. The van der Waals surface area contributed by atoms with E-state index in [1.54, 1.807) is 0 Å². The molecule has 0 radical (unpaired) electrons. The fourth-order valence-electron chi connectivity index (χ4n) is 2.11. The van der Waals surface area contributed by atoms with Crippen LogP contribution in [0.1, 0.15) is 23.0 Å². The fourth-order valence-corrected chi connectivity index (χ4v) is 2.11. The zero-order valence-corrected chi connectivity index (χ0v) is 11.4. The number of benzene rings is 1. The lowest BCUT2D eigenvalue weighted by molar-refractivity contribution is 0.0999. The minimum Gasteiger partial charge on any atom is -0.494 e. The summed E-state index contributed by atoms with van der Waals surface area (Å²) in [7, 11) is 1.92. The molecule has 4 nitrogen and oxygen atoms in total. The zero-order chi connectivity index (χ0) is 14.0. The standard InChI is InChI=1S/C15H18N2O2/c1-4-19-12-7-5-11(6-8-12)14-9-13(15(16)18)10(2)17(14)3/h5-9H,4H2,1-3H3,(H2,16,18). The van der Waals surface area contributed by atoms with Crippen LogP contribution in [0.3, 0.4) is 0 Å². The Labute approximate surface area is 112 Å². The predicted molar refractivity (Wildman–Crippen MR) is 75.3 cm³/mol. The molecular formula is C15H18N2O2. The molecule has 2 aromatic rings. The monoisotopic (exact) mass is 258 g/mol. The van der Waals surface area contributed by atoms with Crippen LogP contribution in [-0.2, 0) is 7.05 Å². The molecule has 100 valence electrons. The number of amides is 1. The summed E-state index contributed by atoms with van der Waals surface area (Å²) in [6, 6.07) is 9.62. The zero-order valence-electron chi connectivity index (χ0n) is 11.4.